The Morgan fingerprint density at radius 2 is 1.79 bits per heavy atom. The molecule has 5 heteroatoms. The molecule has 24 heavy (non-hydrogen) atoms. The number of hydrogen-bond acceptors (Lipinski definition) is 2. The minimum absolute atomic E-state index is 0.0393. The molecule has 0 bridgehead atoms. The van der Waals surface area contributed by atoms with Crippen molar-refractivity contribution in [1.82, 2.24) is 15.1 Å². The first-order valence-electron chi connectivity index (χ1n) is 9.59. The molecule has 0 aromatic rings. The van der Waals surface area contributed by atoms with E-state index in [2.05, 4.69) is 16.3 Å². The lowest BCUT2D eigenvalue weighted by Gasteiger charge is -2.34. The van der Waals surface area contributed by atoms with E-state index in [-0.39, 0.29) is 6.03 Å². The smallest absolute Gasteiger partial charge is 0.317 e. The zero-order valence-corrected chi connectivity index (χ0v) is 14.9. The minimum Gasteiger partial charge on any atom is -0.342 e. The van der Waals surface area contributed by atoms with Crippen molar-refractivity contribution in [3.63, 3.8) is 0 Å². The van der Waals surface area contributed by atoms with Gasteiger partial charge >= 0.3 is 6.03 Å². The zero-order valence-electron chi connectivity index (χ0n) is 14.9. The van der Waals surface area contributed by atoms with E-state index in [0.717, 1.165) is 58.3 Å². The number of likely N-dealkylation sites (tertiary alicyclic amines) is 2. The van der Waals surface area contributed by atoms with Gasteiger partial charge in [0.05, 0.1) is 0 Å². The molecule has 2 aliphatic heterocycles. The number of carbonyl (C=O) groups is 2. The summed E-state index contributed by atoms with van der Waals surface area (Å²) in [4.78, 5) is 28.2. The van der Waals surface area contributed by atoms with Gasteiger partial charge in [-0.15, -0.1) is 0 Å². The highest BCUT2D eigenvalue weighted by molar-refractivity contribution is 5.79. The lowest BCUT2D eigenvalue weighted by atomic mass is 9.84. The van der Waals surface area contributed by atoms with E-state index in [1.54, 1.807) is 7.05 Å². The number of amides is 3. The van der Waals surface area contributed by atoms with E-state index in [1.807, 2.05) is 4.90 Å². The van der Waals surface area contributed by atoms with E-state index in [4.69, 9.17) is 0 Å². The average Bonchev–Trinajstić information content (AvgIpc) is 3.12. The highest BCUT2D eigenvalue weighted by Crippen LogP contribution is 2.32. The van der Waals surface area contributed by atoms with Crippen molar-refractivity contribution in [2.75, 3.05) is 33.2 Å². The van der Waals surface area contributed by atoms with Gasteiger partial charge in [-0.05, 0) is 56.8 Å². The molecule has 2 heterocycles. The predicted octanol–water partition coefficient (Wildman–Crippen LogP) is 2.78. The molecule has 0 spiro atoms. The topological polar surface area (TPSA) is 52.7 Å². The van der Waals surface area contributed by atoms with E-state index >= 15 is 0 Å². The van der Waals surface area contributed by atoms with Crippen LogP contribution in [0.25, 0.3) is 0 Å². The van der Waals surface area contributed by atoms with Gasteiger partial charge in [0.15, 0.2) is 0 Å². The SMILES string of the molecule is CNC(=O)N1CCC(C2CCN(C(=O)CC3=CCCCC3)C2)CC1. The van der Waals surface area contributed by atoms with Crippen LogP contribution in [0.3, 0.4) is 0 Å². The van der Waals surface area contributed by atoms with Gasteiger partial charge in [0.1, 0.15) is 0 Å². The van der Waals surface area contributed by atoms with Crippen molar-refractivity contribution in [3.05, 3.63) is 11.6 Å². The van der Waals surface area contributed by atoms with Crippen LogP contribution in [-0.4, -0.2) is 55.0 Å². The largest absolute Gasteiger partial charge is 0.342 e. The van der Waals surface area contributed by atoms with Crippen LogP contribution in [0, 0.1) is 11.8 Å². The molecule has 1 N–H and O–H groups in total. The standard InChI is InChI=1S/C19H31N3O2/c1-20-19(24)21-10-7-16(8-11-21)17-9-12-22(14-17)18(23)13-15-5-3-2-4-6-15/h5,16-17H,2-4,6-14H2,1H3,(H,20,24). The Morgan fingerprint density at radius 1 is 1.08 bits per heavy atom. The molecule has 134 valence electrons. The predicted molar refractivity (Wildman–Crippen MR) is 94.6 cm³/mol. The summed E-state index contributed by atoms with van der Waals surface area (Å²) in [6.07, 6.45) is 11.0. The molecule has 3 rings (SSSR count). The fourth-order valence-corrected chi connectivity index (χ4v) is 4.50. The van der Waals surface area contributed by atoms with Crippen LogP contribution < -0.4 is 5.32 Å². The van der Waals surface area contributed by atoms with Crippen molar-refractivity contribution in [3.8, 4) is 0 Å². The molecule has 5 nitrogen and oxygen atoms in total. The second-order valence-corrected chi connectivity index (χ2v) is 7.55. The number of allylic oxidation sites excluding steroid dienone is 1. The van der Waals surface area contributed by atoms with Crippen molar-refractivity contribution < 1.29 is 9.59 Å². The first kappa shape index (κ1) is 17.3. The monoisotopic (exact) mass is 333 g/mol. The van der Waals surface area contributed by atoms with Crippen molar-refractivity contribution in [1.29, 1.82) is 0 Å². The van der Waals surface area contributed by atoms with Gasteiger partial charge in [0.25, 0.3) is 0 Å². The molecule has 1 unspecified atom stereocenters. The van der Waals surface area contributed by atoms with Crippen LogP contribution in [0.5, 0.6) is 0 Å². The molecule has 1 aliphatic carbocycles. The highest BCUT2D eigenvalue weighted by atomic mass is 16.2. The summed E-state index contributed by atoms with van der Waals surface area (Å²) in [5.74, 6) is 1.62. The molecule has 2 fully saturated rings. The second kappa shape index (κ2) is 8.04. The molecular formula is C19H31N3O2. The van der Waals surface area contributed by atoms with Crippen LogP contribution >= 0.6 is 0 Å². The lowest BCUT2D eigenvalue weighted by Crippen LogP contribution is -2.44. The number of hydrogen-bond donors (Lipinski definition) is 1. The van der Waals surface area contributed by atoms with Gasteiger partial charge in [-0.3, -0.25) is 4.79 Å². The van der Waals surface area contributed by atoms with E-state index in [0.29, 0.717) is 24.2 Å². The van der Waals surface area contributed by atoms with Crippen LogP contribution in [0.1, 0.15) is 51.4 Å². The maximum atomic E-state index is 12.5. The van der Waals surface area contributed by atoms with Crippen LogP contribution in [0.2, 0.25) is 0 Å². The van der Waals surface area contributed by atoms with Crippen molar-refractivity contribution >= 4 is 11.9 Å². The third-order valence-corrected chi connectivity index (χ3v) is 6.05. The maximum absolute atomic E-state index is 12.5. The van der Waals surface area contributed by atoms with E-state index in [1.165, 1.54) is 18.4 Å². The van der Waals surface area contributed by atoms with Gasteiger partial charge in [-0.1, -0.05) is 11.6 Å². The molecule has 3 aliphatic rings. The van der Waals surface area contributed by atoms with E-state index < -0.39 is 0 Å². The van der Waals surface area contributed by atoms with Crippen molar-refractivity contribution in [2.24, 2.45) is 11.8 Å². The summed E-state index contributed by atoms with van der Waals surface area (Å²) in [7, 11) is 1.69. The number of carbonyl (C=O) groups excluding carboxylic acids is 2. The Balaban J connectivity index is 1.44. The van der Waals surface area contributed by atoms with Gasteiger partial charge in [0.2, 0.25) is 5.91 Å². The lowest BCUT2D eigenvalue weighted by molar-refractivity contribution is -0.129. The molecule has 0 saturated carbocycles. The molecule has 0 aromatic heterocycles. The summed E-state index contributed by atoms with van der Waals surface area (Å²) in [6.45, 7) is 3.55. The first-order valence-corrected chi connectivity index (χ1v) is 9.59. The Hall–Kier alpha value is -1.52. The quantitative estimate of drug-likeness (QED) is 0.808. The van der Waals surface area contributed by atoms with Crippen LogP contribution in [-0.2, 0) is 4.79 Å². The minimum atomic E-state index is 0.0393. The molecule has 1 atom stereocenters. The maximum Gasteiger partial charge on any atom is 0.317 e. The first-order chi connectivity index (χ1) is 11.7. The zero-order chi connectivity index (χ0) is 16.9. The fourth-order valence-electron chi connectivity index (χ4n) is 4.50. The summed E-state index contributed by atoms with van der Waals surface area (Å²) >= 11 is 0. The Morgan fingerprint density at radius 3 is 2.46 bits per heavy atom. The molecule has 0 aromatic carbocycles. The summed E-state index contributed by atoms with van der Waals surface area (Å²) in [6, 6.07) is 0.0393. The molecule has 3 amide bonds. The second-order valence-electron chi connectivity index (χ2n) is 7.55. The third-order valence-electron chi connectivity index (χ3n) is 6.05. The third kappa shape index (κ3) is 4.11. The molecule has 2 saturated heterocycles. The van der Waals surface area contributed by atoms with Crippen LogP contribution in [0.15, 0.2) is 11.6 Å². The van der Waals surface area contributed by atoms with Crippen LogP contribution in [0.4, 0.5) is 4.79 Å². The Kier molecular flexibility index (Phi) is 5.80. The van der Waals surface area contributed by atoms with Gasteiger partial charge in [-0.25, -0.2) is 4.79 Å². The average molecular weight is 333 g/mol. The molecule has 0 radical (unpaired) electrons. The molecular weight excluding hydrogens is 302 g/mol. The number of rotatable bonds is 3. The fraction of sp³-hybridized carbons (Fsp3) is 0.789. The summed E-state index contributed by atoms with van der Waals surface area (Å²) in [5.41, 5.74) is 1.36. The van der Waals surface area contributed by atoms with Gasteiger partial charge in [0, 0.05) is 39.6 Å². The number of nitrogens with one attached hydrogen (secondary N) is 1. The van der Waals surface area contributed by atoms with Crippen molar-refractivity contribution in [2.45, 2.75) is 51.4 Å². The van der Waals surface area contributed by atoms with E-state index in [9.17, 15) is 9.59 Å². The summed E-state index contributed by atoms with van der Waals surface area (Å²) in [5, 5.41) is 2.71. The number of nitrogens with zero attached hydrogens (tertiary/aromatic N) is 2. The summed E-state index contributed by atoms with van der Waals surface area (Å²) < 4.78 is 0. The Labute approximate surface area is 145 Å². The number of piperidine rings is 1. The van der Waals surface area contributed by atoms with Gasteiger partial charge < -0.3 is 15.1 Å². The number of urea groups is 1. The van der Waals surface area contributed by atoms with Gasteiger partial charge in [-0.2, -0.15) is 0 Å². The normalized spacial score (nSPS) is 25.5. The highest BCUT2D eigenvalue weighted by Gasteiger charge is 2.34. The Bertz CT molecular complexity index is 495.